The molecule has 1 aliphatic carbocycles. The molecule has 2 rings (SSSR count). The minimum absolute atomic E-state index is 0.139. The summed E-state index contributed by atoms with van der Waals surface area (Å²) in [6, 6.07) is -1.67. The monoisotopic (exact) mass is 654 g/mol. The van der Waals surface area contributed by atoms with Crippen LogP contribution in [-0.4, -0.2) is 97.6 Å². The number of rotatable bonds is 15. The van der Waals surface area contributed by atoms with E-state index in [1.165, 1.54) is 23.6 Å². The van der Waals surface area contributed by atoms with Crippen molar-refractivity contribution < 1.29 is 49.1 Å². The Morgan fingerprint density at radius 3 is 2.40 bits per heavy atom. The van der Waals surface area contributed by atoms with Gasteiger partial charge in [0.25, 0.3) is 0 Å². The number of allylic oxidation sites excluding steroid dienone is 9. The number of amides is 1. The number of nitrogens with one attached hydrogen (secondary N) is 2. The van der Waals surface area contributed by atoms with Crippen molar-refractivity contribution in [3.05, 3.63) is 58.7 Å². The number of aliphatic hydroxyl groups is 4. The zero-order valence-electron chi connectivity index (χ0n) is 27.1. The highest BCUT2D eigenvalue weighted by molar-refractivity contribution is 7.52. The van der Waals surface area contributed by atoms with Crippen molar-refractivity contribution in [3.8, 4) is 0 Å². The number of aliphatic hydroxyl groups excluding tert-OH is 4. The van der Waals surface area contributed by atoms with Crippen molar-refractivity contribution in [2.24, 2.45) is 5.41 Å². The van der Waals surface area contributed by atoms with Crippen molar-refractivity contribution in [2.45, 2.75) is 103 Å². The topological polar surface area (TPSA) is 206 Å². The summed E-state index contributed by atoms with van der Waals surface area (Å²) in [6.45, 7) is 10.1. The van der Waals surface area contributed by atoms with Crippen LogP contribution in [0.25, 0.3) is 0 Å². The lowest BCUT2D eigenvalue weighted by Gasteiger charge is -2.32. The maximum absolute atomic E-state index is 12.6. The van der Waals surface area contributed by atoms with E-state index in [1.807, 2.05) is 13.0 Å². The lowest BCUT2D eigenvalue weighted by molar-refractivity contribution is -0.147. The average Bonchev–Trinajstić information content (AvgIpc) is 3.18. The zero-order valence-corrected chi connectivity index (χ0v) is 28.0. The summed E-state index contributed by atoms with van der Waals surface area (Å²) >= 11 is 0. The van der Waals surface area contributed by atoms with Crippen molar-refractivity contribution in [1.29, 1.82) is 0 Å². The molecule has 8 N–H and O–H groups in total. The minimum atomic E-state index is -4.55. The molecule has 1 aliphatic heterocycles. The Labute approximate surface area is 265 Å². The lowest BCUT2D eigenvalue weighted by atomic mass is 9.72. The van der Waals surface area contributed by atoms with Crippen LogP contribution in [0.5, 0.6) is 0 Å². The molecule has 1 heterocycles. The smallest absolute Gasteiger partial charge is 0.331 e. The molecule has 13 heteroatoms. The molecule has 1 saturated heterocycles. The van der Waals surface area contributed by atoms with Crippen molar-refractivity contribution >= 4 is 19.5 Å². The molecule has 254 valence electrons. The predicted octanol–water partition coefficient (Wildman–Crippen LogP) is 2.48. The van der Waals surface area contributed by atoms with Crippen molar-refractivity contribution in [1.82, 2.24) is 10.6 Å². The number of carboxylic acids is 1. The third kappa shape index (κ3) is 11.7. The van der Waals surface area contributed by atoms with Crippen molar-refractivity contribution in [3.63, 3.8) is 0 Å². The van der Waals surface area contributed by atoms with Gasteiger partial charge in [0.05, 0.1) is 43.7 Å². The van der Waals surface area contributed by atoms with Gasteiger partial charge in [0, 0.05) is 12.1 Å². The molecule has 2 aliphatic rings. The van der Waals surface area contributed by atoms with E-state index in [0.29, 0.717) is 5.57 Å². The maximum atomic E-state index is 12.6. The first kappa shape index (κ1) is 38.8. The molecule has 0 aromatic rings. The van der Waals surface area contributed by atoms with Gasteiger partial charge in [0.1, 0.15) is 0 Å². The number of carboxylic acid groups (broad SMARTS) is 1. The molecule has 1 fully saturated rings. The number of carbonyl (C=O) groups excluding carboxylic acids is 1. The number of hydrogen-bond acceptors (Lipinski definition) is 9. The van der Waals surface area contributed by atoms with Gasteiger partial charge in [-0.15, -0.1) is 0 Å². The molecule has 0 bridgehead atoms. The fourth-order valence-electron chi connectivity index (χ4n) is 5.58. The molecule has 1 amide bonds. The second-order valence-electron chi connectivity index (χ2n) is 13.1. The highest BCUT2D eigenvalue weighted by Gasteiger charge is 2.43. The summed E-state index contributed by atoms with van der Waals surface area (Å²) in [5.41, 5.74) is 2.39. The van der Waals surface area contributed by atoms with E-state index in [2.05, 4.69) is 43.6 Å². The summed E-state index contributed by atoms with van der Waals surface area (Å²) < 4.78 is 17.6. The highest BCUT2D eigenvalue weighted by Crippen LogP contribution is 2.44. The largest absolute Gasteiger partial charge is 0.479 e. The van der Waals surface area contributed by atoms with E-state index in [-0.39, 0.29) is 11.8 Å². The lowest BCUT2D eigenvalue weighted by Crippen LogP contribution is -2.55. The molecule has 0 spiro atoms. The van der Waals surface area contributed by atoms with E-state index in [9.17, 15) is 44.6 Å². The number of hydrogen-bond donors (Lipinski definition) is 8. The first-order valence-electron chi connectivity index (χ1n) is 15.1. The van der Waals surface area contributed by atoms with Crippen LogP contribution in [0.15, 0.2) is 58.7 Å². The zero-order chi connectivity index (χ0) is 34.2. The summed E-state index contributed by atoms with van der Waals surface area (Å²) in [7, 11) is -4.55. The van der Waals surface area contributed by atoms with E-state index < -0.39 is 74.8 Å². The van der Waals surface area contributed by atoms with Gasteiger partial charge in [-0.1, -0.05) is 55.4 Å². The van der Waals surface area contributed by atoms with E-state index >= 15 is 0 Å². The fourth-order valence-corrected chi connectivity index (χ4v) is 6.83. The Hall–Kier alpha value is -2.41. The summed E-state index contributed by atoms with van der Waals surface area (Å²) in [5.74, 6) is -2.25. The van der Waals surface area contributed by atoms with Gasteiger partial charge in [0.2, 0.25) is 5.91 Å². The minimum Gasteiger partial charge on any atom is -0.479 e. The number of carbonyl (C=O) groups is 2. The second-order valence-corrected chi connectivity index (χ2v) is 15.0. The van der Waals surface area contributed by atoms with Gasteiger partial charge in [0.15, 0.2) is 5.54 Å². The van der Waals surface area contributed by atoms with Crippen LogP contribution >= 0.6 is 7.60 Å². The van der Waals surface area contributed by atoms with Crippen molar-refractivity contribution in [2.75, 3.05) is 19.4 Å². The Kier molecular flexibility index (Phi) is 14.2. The third-order valence-corrected chi connectivity index (χ3v) is 9.74. The molecule has 0 aromatic heterocycles. The molecular weight excluding hydrogens is 603 g/mol. The van der Waals surface area contributed by atoms with Crippen LogP contribution in [0.3, 0.4) is 0 Å². The van der Waals surface area contributed by atoms with E-state index in [4.69, 9.17) is 4.52 Å². The molecule has 12 nitrogen and oxygen atoms in total. The Balaban J connectivity index is 1.95. The van der Waals surface area contributed by atoms with E-state index in [1.54, 1.807) is 19.1 Å². The standard InChI is InChI=1S/C32H51N2O10P/c1-20(12-13-24-22(3)11-8-14-31(24,4)5)9-7-10-21(2)15-27(37)34-32(6,30(40)41)19-44-45(42,43)18-23(36)16-25-28(38)29(39)26(17-35)33-25/h7,9-10,12-13,15,23,25-26,28-29,33,35-36,38-39H,8,11,14,16-19H2,1-6H3,(H,34,37)(H,40,41)(H,42,43)/b10-7+,13-12+,20-9+,21-15+/t23-,25-,26-,28-,29-,32?/m1/s1. The van der Waals surface area contributed by atoms with Gasteiger partial charge in [-0.25, -0.2) is 4.79 Å². The highest BCUT2D eigenvalue weighted by atomic mass is 31.2. The third-order valence-electron chi connectivity index (χ3n) is 8.33. The molecule has 0 radical (unpaired) electrons. The summed E-state index contributed by atoms with van der Waals surface area (Å²) in [5, 5.41) is 54.3. The molecular formula is C32H51N2O10P. The predicted molar refractivity (Wildman–Crippen MR) is 171 cm³/mol. The van der Waals surface area contributed by atoms with Gasteiger partial charge in [-0.05, 0) is 69.9 Å². The number of aliphatic carboxylic acids is 1. The molecule has 7 atom stereocenters. The van der Waals surface area contributed by atoms with Gasteiger partial charge >= 0.3 is 13.6 Å². The average molecular weight is 655 g/mol. The van der Waals surface area contributed by atoms with Crippen LogP contribution < -0.4 is 10.6 Å². The Morgan fingerprint density at radius 2 is 1.82 bits per heavy atom. The molecule has 2 unspecified atom stereocenters. The maximum Gasteiger partial charge on any atom is 0.331 e. The first-order valence-corrected chi connectivity index (χ1v) is 16.9. The summed E-state index contributed by atoms with van der Waals surface area (Å²) in [4.78, 5) is 34.9. The fraction of sp³-hybridized carbons (Fsp3) is 0.625. The van der Waals surface area contributed by atoms with Crippen LogP contribution in [0.4, 0.5) is 0 Å². The quantitative estimate of drug-likeness (QED) is 0.0732. The van der Waals surface area contributed by atoms with Crippen LogP contribution in [0.1, 0.15) is 67.2 Å². The Bertz CT molecular complexity index is 1270. The molecule has 0 aromatic carbocycles. The second kappa shape index (κ2) is 16.4. The van der Waals surface area contributed by atoms with E-state index in [0.717, 1.165) is 25.3 Å². The normalized spacial score (nSPS) is 27.9. The summed E-state index contributed by atoms with van der Waals surface area (Å²) in [6.07, 6.45) is 9.18. The Morgan fingerprint density at radius 1 is 1.18 bits per heavy atom. The molecule has 45 heavy (non-hydrogen) atoms. The van der Waals surface area contributed by atoms with Crippen LogP contribution in [-0.2, 0) is 18.7 Å². The van der Waals surface area contributed by atoms with Gasteiger partial charge in [-0.3, -0.25) is 9.36 Å². The van der Waals surface area contributed by atoms with Crippen LogP contribution in [0, 0.1) is 5.41 Å². The van der Waals surface area contributed by atoms with Gasteiger partial charge in [-0.2, -0.15) is 0 Å². The van der Waals surface area contributed by atoms with Crippen LogP contribution in [0.2, 0.25) is 0 Å². The SMILES string of the molecule is CC1=C(/C=C/C(C)=C/C=C/C(C)=C/C(=O)NC(C)(COP(=O)(O)C[C@H](O)C[C@H]2N[C@H](CO)[C@@H](O)[C@@H]2O)C(=O)O)C(C)(C)CCC1. The first-order chi connectivity index (χ1) is 20.8. The molecule has 0 saturated carbocycles. The van der Waals surface area contributed by atoms with Gasteiger partial charge < -0.3 is 45.6 Å².